The molecule has 0 aliphatic rings. The fourth-order valence-corrected chi connectivity index (χ4v) is 4.01. The van der Waals surface area contributed by atoms with E-state index in [1.165, 1.54) is 0 Å². The molecule has 0 saturated carbocycles. The largest absolute Gasteiger partial charge is 0.325 e. The summed E-state index contributed by atoms with van der Waals surface area (Å²) < 4.78 is 1.73. The maximum Gasteiger partial charge on any atom is 0.272 e. The zero-order chi connectivity index (χ0) is 21.4. The Morgan fingerprint density at radius 3 is 2.73 bits per heavy atom. The third kappa shape index (κ3) is 3.16. The fourth-order valence-electron chi connectivity index (χ4n) is 3.77. The third-order valence-corrected chi connectivity index (χ3v) is 5.46. The quantitative estimate of drug-likeness (QED) is 0.526. The SMILES string of the molecule is CCc1cc(Cl)cc(-c2c(-c3ccc4c(=O)[nH]nc(CN)c4c3)cnn2C)c1C#N. The molecule has 0 spiro atoms. The van der Waals surface area contributed by atoms with E-state index < -0.39 is 0 Å². The molecule has 4 rings (SSSR count). The van der Waals surface area contributed by atoms with E-state index in [0.717, 1.165) is 27.9 Å². The molecule has 0 amide bonds. The molecule has 150 valence electrons. The summed E-state index contributed by atoms with van der Waals surface area (Å²) in [5.74, 6) is 0. The van der Waals surface area contributed by atoms with Gasteiger partial charge in [0.2, 0.25) is 0 Å². The zero-order valence-electron chi connectivity index (χ0n) is 16.5. The minimum atomic E-state index is -0.269. The summed E-state index contributed by atoms with van der Waals surface area (Å²) in [6.45, 7) is 2.19. The van der Waals surface area contributed by atoms with Gasteiger partial charge in [0.25, 0.3) is 5.56 Å². The van der Waals surface area contributed by atoms with E-state index in [9.17, 15) is 10.1 Å². The Hall–Kier alpha value is -3.47. The monoisotopic (exact) mass is 418 g/mol. The van der Waals surface area contributed by atoms with Crippen LogP contribution in [0.1, 0.15) is 23.7 Å². The van der Waals surface area contributed by atoms with Gasteiger partial charge in [-0.2, -0.15) is 15.5 Å². The van der Waals surface area contributed by atoms with Gasteiger partial charge in [-0.15, -0.1) is 0 Å². The van der Waals surface area contributed by atoms with Gasteiger partial charge in [0.05, 0.1) is 28.5 Å². The number of fused-ring (bicyclic) bond motifs is 1. The molecule has 0 saturated heterocycles. The number of nitrogens with zero attached hydrogens (tertiary/aromatic N) is 4. The van der Waals surface area contributed by atoms with Crippen LogP contribution in [0.15, 0.2) is 41.3 Å². The highest BCUT2D eigenvalue weighted by molar-refractivity contribution is 6.31. The third-order valence-electron chi connectivity index (χ3n) is 5.24. The second kappa shape index (κ2) is 7.75. The van der Waals surface area contributed by atoms with Crippen LogP contribution in [-0.4, -0.2) is 20.0 Å². The number of aromatic nitrogens is 4. The van der Waals surface area contributed by atoms with Crippen LogP contribution in [0.3, 0.4) is 0 Å². The number of aryl methyl sites for hydroxylation is 2. The van der Waals surface area contributed by atoms with Crippen molar-refractivity contribution < 1.29 is 0 Å². The highest BCUT2D eigenvalue weighted by atomic mass is 35.5. The lowest BCUT2D eigenvalue weighted by Gasteiger charge is -2.13. The fraction of sp³-hybridized carbons (Fsp3) is 0.182. The van der Waals surface area contributed by atoms with Gasteiger partial charge in [-0.25, -0.2) is 5.10 Å². The smallest absolute Gasteiger partial charge is 0.272 e. The Bertz CT molecular complexity index is 1380. The van der Waals surface area contributed by atoms with Crippen LogP contribution >= 0.6 is 11.6 Å². The topological polar surface area (TPSA) is 113 Å². The second-order valence-corrected chi connectivity index (χ2v) is 7.38. The molecule has 0 fully saturated rings. The van der Waals surface area contributed by atoms with Crippen molar-refractivity contribution in [2.75, 3.05) is 0 Å². The molecule has 0 unspecified atom stereocenters. The average molecular weight is 419 g/mol. The molecular weight excluding hydrogens is 400 g/mol. The molecule has 2 heterocycles. The van der Waals surface area contributed by atoms with Crippen LogP contribution in [0.25, 0.3) is 33.2 Å². The maximum absolute atomic E-state index is 12.2. The van der Waals surface area contributed by atoms with Gasteiger partial charge < -0.3 is 5.73 Å². The molecule has 0 atom stereocenters. The molecule has 0 radical (unpaired) electrons. The Morgan fingerprint density at radius 2 is 2.03 bits per heavy atom. The van der Waals surface area contributed by atoms with Crippen molar-refractivity contribution in [3.05, 3.63) is 68.7 Å². The molecule has 2 aromatic heterocycles. The summed E-state index contributed by atoms with van der Waals surface area (Å²) in [5, 5.41) is 22.6. The number of halogens is 1. The van der Waals surface area contributed by atoms with Crippen molar-refractivity contribution >= 4 is 22.4 Å². The van der Waals surface area contributed by atoms with E-state index in [2.05, 4.69) is 21.4 Å². The number of nitrogens with two attached hydrogens (primary N) is 1. The van der Waals surface area contributed by atoms with Crippen molar-refractivity contribution in [1.82, 2.24) is 20.0 Å². The number of rotatable bonds is 4. The lowest BCUT2D eigenvalue weighted by Crippen LogP contribution is -2.13. The predicted molar refractivity (Wildman–Crippen MR) is 117 cm³/mol. The molecule has 30 heavy (non-hydrogen) atoms. The number of aromatic amines is 1. The van der Waals surface area contributed by atoms with E-state index in [4.69, 9.17) is 17.3 Å². The van der Waals surface area contributed by atoms with Gasteiger partial charge in [0.15, 0.2) is 0 Å². The number of nitrogens with one attached hydrogen (secondary N) is 1. The second-order valence-electron chi connectivity index (χ2n) is 6.95. The Kier molecular flexibility index (Phi) is 5.12. The van der Waals surface area contributed by atoms with Gasteiger partial charge >= 0.3 is 0 Å². The Morgan fingerprint density at radius 1 is 1.23 bits per heavy atom. The average Bonchev–Trinajstić information content (AvgIpc) is 3.14. The maximum atomic E-state index is 12.2. The van der Waals surface area contributed by atoms with Crippen LogP contribution < -0.4 is 11.3 Å². The lowest BCUT2D eigenvalue weighted by molar-refractivity contribution is 0.775. The van der Waals surface area contributed by atoms with Gasteiger partial charge in [0, 0.05) is 35.1 Å². The van der Waals surface area contributed by atoms with Crippen molar-refractivity contribution in [2.24, 2.45) is 12.8 Å². The molecule has 2 aromatic carbocycles. The first-order chi connectivity index (χ1) is 14.5. The minimum absolute atomic E-state index is 0.198. The summed E-state index contributed by atoms with van der Waals surface area (Å²) in [6.07, 6.45) is 2.43. The highest BCUT2D eigenvalue weighted by Gasteiger charge is 2.20. The van der Waals surface area contributed by atoms with Crippen molar-refractivity contribution in [3.8, 4) is 28.5 Å². The Balaban J connectivity index is 2.01. The van der Waals surface area contributed by atoms with Gasteiger partial charge in [-0.3, -0.25) is 9.48 Å². The summed E-state index contributed by atoms with van der Waals surface area (Å²) in [4.78, 5) is 12.2. The Labute approximate surface area is 177 Å². The summed E-state index contributed by atoms with van der Waals surface area (Å²) in [7, 11) is 1.82. The number of H-pyrrole nitrogens is 1. The van der Waals surface area contributed by atoms with E-state index in [0.29, 0.717) is 33.5 Å². The van der Waals surface area contributed by atoms with Crippen molar-refractivity contribution in [2.45, 2.75) is 19.9 Å². The van der Waals surface area contributed by atoms with Crippen LogP contribution in [0.4, 0.5) is 0 Å². The van der Waals surface area contributed by atoms with Gasteiger partial charge in [-0.05, 0) is 41.8 Å². The van der Waals surface area contributed by atoms with Crippen molar-refractivity contribution in [1.29, 1.82) is 5.26 Å². The van der Waals surface area contributed by atoms with Crippen LogP contribution in [0, 0.1) is 11.3 Å². The van der Waals surface area contributed by atoms with E-state index in [1.807, 2.05) is 32.2 Å². The van der Waals surface area contributed by atoms with Gasteiger partial charge in [0.1, 0.15) is 6.07 Å². The molecule has 3 N–H and O–H groups in total. The van der Waals surface area contributed by atoms with Crippen LogP contribution in [0.2, 0.25) is 5.02 Å². The highest BCUT2D eigenvalue weighted by Crippen LogP contribution is 2.37. The predicted octanol–water partition coefficient (Wildman–Crippen LogP) is 3.54. The molecule has 7 nitrogen and oxygen atoms in total. The number of nitriles is 1. The van der Waals surface area contributed by atoms with E-state index in [1.54, 1.807) is 23.0 Å². The number of hydrogen-bond donors (Lipinski definition) is 2. The molecule has 8 heteroatoms. The van der Waals surface area contributed by atoms with Gasteiger partial charge in [-0.1, -0.05) is 24.6 Å². The van der Waals surface area contributed by atoms with Crippen molar-refractivity contribution in [3.63, 3.8) is 0 Å². The molecule has 0 aliphatic heterocycles. The lowest BCUT2D eigenvalue weighted by atomic mass is 9.93. The molecule has 4 aromatic rings. The first-order valence-corrected chi connectivity index (χ1v) is 9.82. The minimum Gasteiger partial charge on any atom is -0.325 e. The normalized spacial score (nSPS) is 11.0. The molecule has 0 aliphatic carbocycles. The first kappa shape index (κ1) is 19.8. The van der Waals surface area contributed by atoms with Crippen LogP contribution in [-0.2, 0) is 20.0 Å². The standard InChI is InChI=1S/C22H19ClN6O/c1-3-12-6-14(23)8-17(18(12)9-24)21-19(11-26-29(21)2)13-4-5-15-16(7-13)20(10-25)27-28-22(15)30/h4-8,11H,3,10,25H2,1-2H3,(H,28,30). The number of benzene rings is 2. The summed E-state index contributed by atoms with van der Waals surface area (Å²) in [6, 6.07) is 11.4. The zero-order valence-corrected chi connectivity index (χ0v) is 17.3. The number of hydrogen-bond acceptors (Lipinski definition) is 5. The molecular formula is C22H19ClN6O. The summed E-state index contributed by atoms with van der Waals surface area (Å²) >= 11 is 6.36. The first-order valence-electron chi connectivity index (χ1n) is 9.45. The van der Waals surface area contributed by atoms with Crippen LogP contribution in [0.5, 0.6) is 0 Å². The summed E-state index contributed by atoms with van der Waals surface area (Å²) in [5.41, 5.74) is 10.8. The molecule has 0 bridgehead atoms. The van der Waals surface area contributed by atoms with E-state index in [-0.39, 0.29) is 12.1 Å². The van der Waals surface area contributed by atoms with E-state index >= 15 is 0 Å².